The Kier molecular flexibility index (Phi) is 3.72. The average molecular weight is 193 g/mol. The Balaban J connectivity index is 4.00. The number of nitrogens with one attached hydrogen (secondary N) is 1. The van der Waals surface area contributed by atoms with Crippen LogP contribution in [0.2, 0.25) is 0 Å². The van der Waals surface area contributed by atoms with E-state index in [4.69, 9.17) is 0 Å². The molecule has 0 radical (unpaired) electrons. The summed E-state index contributed by atoms with van der Waals surface area (Å²) in [6, 6.07) is 0.0139. The SMILES string of the molecule is C[C@H](CS(C)(=O)=O)NC(C)(C)C. The first-order valence-electron chi connectivity index (χ1n) is 4.05. The van der Waals surface area contributed by atoms with E-state index in [-0.39, 0.29) is 17.3 Å². The molecule has 0 bridgehead atoms. The van der Waals surface area contributed by atoms with E-state index in [1.807, 2.05) is 27.7 Å². The zero-order chi connectivity index (χ0) is 9.99. The molecule has 0 rings (SSSR count). The minimum Gasteiger partial charge on any atom is -0.309 e. The minimum absolute atomic E-state index is 0.0139. The molecular weight excluding hydrogens is 174 g/mol. The van der Waals surface area contributed by atoms with Crippen LogP contribution in [0.3, 0.4) is 0 Å². The molecule has 0 aliphatic carbocycles. The Hall–Kier alpha value is -0.0900. The maximum absolute atomic E-state index is 10.9. The van der Waals surface area contributed by atoms with Gasteiger partial charge in [-0.2, -0.15) is 0 Å². The zero-order valence-corrected chi connectivity index (χ0v) is 9.33. The van der Waals surface area contributed by atoms with E-state index >= 15 is 0 Å². The number of hydrogen-bond donors (Lipinski definition) is 1. The lowest BCUT2D eigenvalue weighted by molar-refractivity contribution is 0.387. The lowest BCUT2D eigenvalue weighted by Gasteiger charge is -2.25. The van der Waals surface area contributed by atoms with Gasteiger partial charge in [0.25, 0.3) is 0 Å². The van der Waals surface area contributed by atoms with Crippen LogP contribution in [0, 0.1) is 0 Å². The van der Waals surface area contributed by atoms with Gasteiger partial charge in [0, 0.05) is 17.8 Å². The van der Waals surface area contributed by atoms with Crippen LogP contribution in [-0.4, -0.2) is 32.0 Å². The minimum atomic E-state index is -2.86. The van der Waals surface area contributed by atoms with E-state index in [0.29, 0.717) is 0 Å². The Morgan fingerprint density at radius 2 is 1.75 bits per heavy atom. The summed E-state index contributed by atoms with van der Waals surface area (Å²) in [7, 11) is -2.86. The van der Waals surface area contributed by atoms with Gasteiger partial charge in [-0.05, 0) is 27.7 Å². The monoisotopic (exact) mass is 193 g/mol. The fourth-order valence-electron chi connectivity index (χ4n) is 1.23. The predicted octanol–water partition coefficient (Wildman–Crippen LogP) is 0.808. The third kappa shape index (κ3) is 8.01. The van der Waals surface area contributed by atoms with Crippen molar-refractivity contribution in [3.05, 3.63) is 0 Å². The highest BCUT2D eigenvalue weighted by atomic mass is 32.2. The summed E-state index contributed by atoms with van der Waals surface area (Å²) in [6.07, 6.45) is 1.26. The van der Waals surface area contributed by atoms with Crippen LogP contribution < -0.4 is 5.32 Å². The van der Waals surface area contributed by atoms with Crippen molar-refractivity contribution in [2.75, 3.05) is 12.0 Å². The van der Waals surface area contributed by atoms with Crippen LogP contribution >= 0.6 is 0 Å². The van der Waals surface area contributed by atoms with Gasteiger partial charge in [0.05, 0.1) is 5.75 Å². The fraction of sp³-hybridized carbons (Fsp3) is 1.00. The van der Waals surface area contributed by atoms with E-state index in [1.54, 1.807) is 0 Å². The first kappa shape index (κ1) is 11.9. The van der Waals surface area contributed by atoms with Crippen LogP contribution in [0.5, 0.6) is 0 Å². The molecule has 0 aromatic carbocycles. The standard InChI is InChI=1S/C8H19NO2S/c1-7(6-12(5,10)11)9-8(2,3)4/h7,9H,6H2,1-5H3/t7-/m1/s1. The number of hydrogen-bond acceptors (Lipinski definition) is 3. The molecule has 0 spiro atoms. The van der Waals surface area contributed by atoms with Crippen LogP contribution in [0.4, 0.5) is 0 Å². The summed E-state index contributed by atoms with van der Waals surface area (Å²) in [4.78, 5) is 0. The first-order chi connectivity index (χ1) is 5.10. The van der Waals surface area contributed by atoms with Gasteiger partial charge >= 0.3 is 0 Å². The summed E-state index contributed by atoms with van der Waals surface area (Å²) in [5, 5.41) is 3.20. The second-order valence-electron chi connectivity index (χ2n) is 4.39. The van der Waals surface area contributed by atoms with Crippen molar-refractivity contribution in [1.82, 2.24) is 5.32 Å². The topological polar surface area (TPSA) is 46.2 Å². The maximum Gasteiger partial charge on any atom is 0.148 e. The largest absolute Gasteiger partial charge is 0.309 e. The molecule has 0 aromatic rings. The van der Waals surface area contributed by atoms with Gasteiger partial charge in [0.2, 0.25) is 0 Å². The van der Waals surface area contributed by atoms with Crippen molar-refractivity contribution in [1.29, 1.82) is 0 Å². The molecule has 0 unspecified atom stereocenters. The van der Waals surface area contributed by atoms with Crippen molar-refractivity contribution in [2.24, 2.45) is 0 Å². The van der Waals surface area contributed by atoms with Crippen LogP contribution in [0.25, 0.3) is 0 Å². The summed E-state index contributed by atoms with van der Waals surface area (Å²) in [6.45, 7) is 7.94. The molecule has 0 aliphatic rings. The van der Waals surface area contributed by atoms with Crippen LogP contribution in [-0.2, 0) is 9.84 Å². The summed E-state index contributed by atoms with van der Waals surface area (Å²) >= 11 is 0. The molecule has 12 heavy (non-hydrogen) atoms. The lowest BCUT2D eigenvalue weighted by atomic mass is 10.1. The molecule has 0 amide bonds. The fourth-order valence-corrected chi connectivity index (χ4v) is 2.23. The second kappa shape index (κ2) is 3.75. The second-order valence-corrected chi connectivity index (χ2v) is 6.57. The smallest absolute Gasteiger partial charge is 0.148 e. The molecule has 1 atom stereocenters. The van der Waals surface area contributed by atoms with Crippen molar-refractivity contribution >= 4 is 9.84 Å². The molecule has 0 aliphatic heterocycles. The molecular formula is C8H19NO2S. The summed E-state index contributed by atoms with van der Waals surface area (Å²) < 4.78 is 21.8. The van der Waals surface area contributed by atoms with Crippen molar-refractivity contribution in [3.63, 3.8) is 0 Å². The van der Waals surface area contributed by atoms with Crippen molar-refractivity contribution in [3.8, 4) is 0 Å². The summed E-state index contributed by atoms with van der Waals surface area (Å²) in [5.41, 5.74) is -0.0237. The van der Waals surface area contributed by atoms with E-state index < -0.39 is 9.84 Å². The Bertz CT molecular complexity index is 226. The molecule has 0 aromatic heterocycles. The maximum atomic E-state index is 10.9. The Morgan fingerprint density at radius 1 is 1.33 bits per heavy atom. The molecule has 0 heterocycles. The Morgan fingerprint density at radius 3 is 2.00 bits per heavy atom. The normalized spacial score (nSPS) is 16.1. The van der Waals surface area contributed by atoms with E-state index in [9.17, 15) is 8.42 Å². The zero-order valence-electron chi connectivity index (χ0n) is 8.51. The third-order valence-electron chi connectivity index (χ3n) is 1.23. The summed E-state index contributed by atoms with van der Waals surface area (Å²) in [5.74, 6) is 0.199. The van der Waals surface area contributed by atoms with Crippen LogP contribution in [0.15, 0.2) is 0 Å². The molecule has 0 saturated heterocycles. The molecule has 4 heteroatoms. The highest BCUT2D eigenvalue weighted by molar-refractivity contribution is 7.90. The number of rotatable bonds is 3. The van der Waals surface area contributed by atoms with Gasteiger partial charge < -0.3 is 5.32 Å². The lowest BCUT2D eigenvalue weighted by Crippen LogP contribution is -2.45. The molecule has 3 nitrogen and oxygen atoms in total. The van der Waals surface area contributed by atoms with Gasteiger partial charge in [0.15, 0.2) is 0 Å². The van der Waals surface area contributed by atoms with Gasteiger partial charge in [-0.3, -0.25) is 0 Å². The van der Waals surface area contributed by atoms with E-state index in [2.05, 4.69) is 5.32 Å². The third-order valence-corrected chi connectivity index (χ3v) is 2.34. The van der Waals surface area contributed by atoms with Gasteiger partial charge in [-0.15, -0.1) is 0 Å². The molecule has 0 saturated carbocycles. The predicted molar refractivity (Wildman–Crippen MR) is 52.1 cm³/mol. The molecule has 0 fully saturated rings. The highest BCUT2D eigenvalue weighted by Crippen LogP contribution is 2.02. The van der Waals surface area contributed by atoms with Gasteiger partial charge in [-0.25, -0.2) is 8.42 Å². The molecule has 1 N–H and O–H groups in total. The van der Waals surface area contributed by atoms with Crippen LogP contribution in [0.1, 0.15) is 27.7 Å². The highest BCUT2D eigenvalue weighted by Gasteiger charge is 2.16. The van der Waals surface area contributed by atoms with Crippen molar-refractivity contribution < 1.29 is 8.42 Å². The number of sulfone groups is 1. The van der Waals surface area contributed by atoms with E-state index in [1.165, 1.54) is 6.26 Å². The quantitative estimate of drug-likeness (QED) is 0.721. The Labute approximate surface area is 75.5 Å². The van der Waals surface area contributed by atoms with E-state index in [0.717, 1.165) is 0 Å². The first-order valence-corrected chi connectivity index (χ1v) is 6.12. The van der Waals surface area contributed by atoms with Crippen molar-refractivity contribution in [2.45, 2.75) is 39.3 Å². The molecule has 74 valence electrons. The van der Waals surface area contributed by atoms with Gasteiger partial charge in [0.1, 0.15) is 9.84 Å². The average Bonchev–Trinajstić information content (AvgIpc) is 1.49. The van der Waals surface area contributed by atoms with Gasteiger partial charge in [-0.1, -0.05) is 0 Å².